The number of carbonyl (C=O) groups excluding carboxylic acids is 1. The van der Waals surface area contributed by atoms with Gasteiger partial charge < -0.3 is 9.84 Å². The summed E-state index contributed by atoms with van der Waals surface area (Å²) in [6.07, 6.45) is 4.61. The first kappa shape index (κ1) is 25.5. The molecule has 0 aliphatic heterocycles. The van der Waals surface area contributed by atoms with E-state index in [-0.39, 0.29) is 12.0 Å². The highest BCUT2D eigenvalue weighted by atomic mass is 127. The number of hydrogen-bond donors (Lipinski definition) is 1. The van der Waals surface area contributed by atoms with Crippen molar-refractivity contribution in [3.63, 3.8) is 0 Å². The summed E-state index contributed by atoms with van der Waals surface area (Å²) < 4.78 is 9.09. The van der Waals surface area contributed by atoms with Crippen LogP contribution in [-0.4, -0.2) is 37.9 Å². The normalized spacial score (nSPS) is 19.2. The van der Waals surface area contributed by atoms with Crippen LogP contribution < -0.4 is 9.64 Å². The largest absolute Gasteiger partial charge is 0.481 e. The molecule has 2 aliphatic rings. The molecule has 1 N–H and O–H groups in total. The van der Waals surface area contributed by atoms with Crippen LogP contribution in [0, 0.1) is 28.3 Å². The maximum atomic E-state index is 13.4. The number of carbonyl (C=O) groups is 2. The monoisotopic (exact) mass is 612 g/mol. The van der Waals surface area contributed by atoms with E-state index in [0.717, 1.165) is 51.6 Å². The van der Waals surface area contributed by atoms with Gasteiger partial charge in [-0.2, -0.15) is 0 Å². The molecule has 2 aromatic heterocycles. The lowest BCUT2D eigenvalue weighted by Crippen LogP contribution is -2.29. The van der Waals surface area contributed by atoms with E-state index in [0.29, 0.717) is 36.0 Å². The van der Waals surface area contributed by atoms with Gasteiger partial charge in [0.05, 0.1) is 17.1 Å². The van der Waals surface area contributed by atoms with Crippen LogP contribution in [0.4, 0.5) is 11.5 Å². The smallest absolute Gasteiger partial charge is 0.308 e. The average Bonchev–Trinajstić information content (AvgIpc) is 3.67. The third-order valence-electron chi connectivity index (χ3n) is 7.14. The number of carboxylic acids is 1. The van der Waals surface area contributed by atoms with Gasteiger partial charge in [-0.05, 0) is 122 Å². The molecule has 0 unspecified atom stereocenters. The number of nitrogens with zero attached hydrogens (tertiary/aromatic N) is 4. The van der Waals surface area contributed by atoms with Crippen molar-refractivity contribution in [3.8, 4) is 17.7 Å². The Morgan fingerprint density at radius 1 is 1.22 bits per heavy atom. The summed E-state index contributed by atoms with van der Waals surface area (Å²) in [5.74, 6) is 5.11. The SMILES string of the molecule is CC#CC(=O)N(c1ccc2c(n1)c(O[C@@H]1CCC[C@@H](C(=O)O)C1)nn2C)c1cc(C)c(I)cc1C1CC1. The molecule has 192 valence electrons. The molecule has 37 heavy (non-hydrogen) atoms. The van der Waals surface area contributed by atoms with Gasteiger partial charge in [0.25, 0.3) is 5.88 Å². The molecule has 1 amide bonds. The predicted molar refractivity (Wildman–Crippen MR) is 149 cm³/mol. The summed E-state index contributed by atoms with van der Waals surface area (Å²) in [6, 6.07) is 7.91. The second-order valence-electron chi connectivity index (χ2n) is 9.86. The van der Waals surface area contributed by atoms with Gasteiger partial charge >= 0.3 is 11.9 Å². The summed E-state index contributed by atoms with van der Waals surface area (Å²) in [5, 5.41) is 14.0. The zero-order chi connectivity index (χ0) is 26.3. The van der Waals surface area contributed by atoms with E-state index in [2.05, 4.69) is 45.6 Å². The number of amides is 1. The molecule has 2 aliphatic carbocycles. The van der Waals surface area contributed by atoms with E-state index in [1.165, 1.54) is 0 Å². The number of anilines is 2. The Balaban J connectivity index is 1.58. The number of aryl methyl sites for hydroxylation is 2. The topological polar surface area (TPSA) is 97.6 Å². The van der Waals surface area contributed by atoms with Gasteiger partial charge in [-0.3, -0.25) is 19.2 Å². The van der Waals surface area contributed by atoms with Crippen LogP contribution >= 0.6 is 22.6 Å². The molecule has 9 heteroatoms. The zero-order valence-electron chi connectivity index (χ0n) is 21.1. The Hall–Kier alpha value is -3.13. The molecule has 0 bridgehead atoms. The number of carboxylic acid groups (broad SMARTS) is 1. The van der Waals surface area contributed by atoms with Gasteiger partial charge in [0.1, 0.15) is 11.9 Å². The third-order valence-corrected chi connectivity index (χ3v) is 8.30. The number of rotatable bonds is 6. The first-order chi connectivity index (χ1) is 17.8. The van der Waals surface area contributed by atoms with Gasteiger partial charge in [-0.25, -0.2) is 4.98 Å². The van der Waals surface area contributed by atoms with Crippen LogP contribution in [0.25, 0.3) is 11.0 Å². The first-order valence-electron chi connectivity index (χ1n) is 12.6. The molecule has 5 rings (SSSR count). The Labute approximate surface area is 229 Å². The first-order valence-corrected chi connectivity index (χ1v) is 13.6. The van der Waals surface area contributed by atoms with Gasteiger partial charge in [0, 0.05) is 10.6 Å². The van der Waals surface area contributed by atoms with E-state index >= 15 is 0 Å². The summed E-state index contributed by atoms with van der Waals surface area (Å²) in [4.78, 5) is 31.4. The standard InChI is InChI=1S/C28H29IN4O4/c1-4-6-25(34)33(23-13-16(2)21(29)15-20(23)17-9-10-17)24-12-11-22-26(30-24)27(31-32(22)3)37-19-8-5-7-18(14-19)28(35)36/h11-13,15,17-19H,5,7-10,14H2,1-3H3,(H,35,36)/t18-,19-/m1/s1. The lowest BCUT2D eigenvalue weighted by molar-refractivity contribution is -0.143. The molecular weight excluding hydrogens is 583 g/mol. The van der Waals surface area contributed by atoms with Crippen molar-refractivity contribution in [1.29, 1.82) is 0 Å². The molecule has 2 fully saturated rings. The second-order valence-corrected chi connectivity index (χ2v) is 11.0. The molecular formula is C28H29IN4O4. The van der Waals surface area contributed by atoms with Gasteiger partial charge in [-0.15, -0.1) is 5.10 Å². The van der Waals surface area contributed by atoms with Crippen LogP contribution in [0.1, 0.15) is 62.5 Å². The summed E-state index contributed by atoms with van der Waals surface area (Å²) in [5.41, 5.74) is 4.32. The second kappa shape index (κ2) is 10.3. The fourth-order valence-corrected chi connectivity index (χ4v) is 5.52. The summed E-state index contributed by atoms with van der Waals surface area (Å²) in [7, 11) is 1.82. The predicted octanol–water partition coefficient (Wildman–Crippen LogP) is 5.47. The van der Waals surface area contributed by atoms with Crippen molar-refractivity contribution in [2.24, 2.45) is 13.0 Å². The molecule has 8 nitrogen and oxygen atoms in total. The molecule has 2 saturated carbocycles. The number of benzene rings is 1. The highest BCUT2D eigenvalue weighted by molar-refractivity contribution is 14.1. The highest BCUT2D eigenvalue weighted by Crippen LogP contribution is 2.47. The Kier molecular flexibility index (Phi) is 7.12. The van der Waals surface area contributed by atoms with Gasteiger partial charge in [0.2, 0.25) is 0 Å². The number of ether oxygens (including phenoxy) is 1. The van der Waals surface area contributed by atoms with E-state index < -0.39 is 11.9 Å². The molecule has 2 heterocycles. The lowest BCUT2D eigenvalue weighted by atomic mass is 9.87. The minimum atomic E-state index is -0.787. The maximum Gasteiger partial charge on any atom is 0.308 e. The number of hydrogen-bond acceptors (Lipinski definition) is 5. The highest BCUT2D eigenvalue weighted by Gasteiger charge is 2.32. The molecule has 0 saturated heterocycles. The number of aliphatic carboxylic acids is 1. The zero-order valence-corrected chi connectivity index (χ0v) is 23.3. The van der Waals surface area contributed by atoms with Crippen LogP contribution in [0.3, 0.4) is 0 Å². The number of aromatic nitrogens is 3. The number of pyridine rings is 1. The number of fused-ring (bicyclic) bond motifs is 1. The summed E-state index contributed by atoms with van der Waals surface area (Å²) in [6.45, 7) is 3.68. The van der Waals surface area contributed by atoms with Crippen LogP contribution in [0.15, 0.2) is 24.3 Å². The van der Waals surface area contributed by atoms with Crippen molar-refractivity contribution in [1.82, 2.24) is 14.8 Å². The van der Waals surface area contributed by atoms with Crippen molar-refractivity contribution in [3.05, 3.63) is 39.0 Å². The minimum Gasteiger partial charge on any atom is -0.481 e. The third kappa shape index (κ3) is 5.17. The Bertz CT molecular complexity index is 1450. The van der Waals surface area contributed by atoms with Crippen LogP contribution in [0.2, 0.25) is 0 Å². The van der Waals surface area contributed by atoms with Crippen molar-refractivity contribution in [2.45, 2.75) is 64.4 Å². The minimum absolute atomic E-state index is 0.248. The van der Waals surface area contributed by atoms with E-state index in [4.69, 9.17) is 9.72 Å². The molecule has 3 aromatic rings. The van der Waals surface area contributed by atoms with Crippen LogP contribution in [-0.2, 0) is 16.6 Å². The van der Waals surface area contributed by atoms with Gasteiger partial charge in [0.15, 0.2) is 5.52 Å². The van der Waals surface area contributed by atoms with E-state index in [9.17, 15) is 14.7 Å². The molecule has 2 atom stereocenters. The fourth-order valence-electron chi connectivity index (χ4n) is 5.03. The average molecular weight is 612 g/mol. The number of halogens is 1. The fraction of sp³-hybridized carbons (Fsp3) is 0.429. The molecule has 0 radical (unpaired) electrons. The maximum absolute atomic E-state index is 13.4. The quantitative estimate of drug-likeness (QED) is 0.293. The Morgan fingerprint density at radius 3 is 2.70 bits per heavy atom. The van der Waals surface area contributed by atoms with Crippen molar-refractivity contribution >= 4 is 57.0 Å². The van der Waals surface area contributed by atoms with Crippen molar-refractivity contribution in [2.75, 3.05) is 4.90 Å². The lowest BCUT2D eigenvalue weighted by Gasteiger charge is -2.26. The summed E-state index contributed by atoms with van der Waals surface area (Å²) >= 11 is 2.34. The van der Waals surface area contributed by atoms with E-state index in [1.807, 2.05) is 32.2 Å². The van der Waals surface area contributed by atoms with Gasteiger partial charge in [-0.1, -0.05) is 5.92 Å². The molecule has 0 spiro atoms. The van der Waals surface area contributed by atoms with E-state index in [1.54, 1.807) is 16.5 Å². The van der Waals surface area contributed by atoms with Crippen LogP contribution in [0.5, 0.6) is 5.88 Å². The van der Waals surface area contributed by atoms with Crippen molar-refractivity contribution < 1.29 is 19.4 Å². The molecule has 1 aromatic carbocycles. The Morgan fingerprint density at radius 2 is 2.00 bits per heavy atom.